The molecule has 0 aliphatic rings. The van der Waals surface area contributed by atoms with Gasteiger partial charge in [0.05, 0.1) is 13.2 Å². The molecule has 0 aliphatic heterocycles. The lowest BCUT2D eigenvalue weighted by atomic mass is 10.1. The fourth-order valence-electron chi connectivity index (χ4n) is 1.72. The molecule has 0 aromatic carbocycles. The highest BCUT2D eigenvalue weighted by Gasteiger charge is 1.99. The molecule has 1 N–H and O–H groups in total. The van der Waals surface area contributed by atoms with Gasteiger partial charge in [-0.3, -0.25) is 0 Å². The first-order valence-electron chi connectivity index (χ1n) is 7.70. The van der Waals surface area contributed by atoms with Crippen molar-refractivity contribution in [1.29, 1.82) is 0 Å². The van der Waals surface area contributed by atoms with Crippen molar-refractivity contribution in [1.82, 2.24) is 5.32 Å². The van der Waals surface area contributed by atoms with E-state index in [0.29, 0.717) is 6.04 Å². The molecular formula is C15H33NO2. The predicted molar refractivity (Wildman–Crippen MR) is 78.2 cm³/mol. The minimum Gasteiger partial charge on any atom is -0.379 e. The third-order valence-corrected chi connectivity index (χ3v) is 2.93. The quantitative estimate of drug-likeness (QED) is 0.485. The number of hydrogen-bond donors (Lipinski definition) is 1. The molecule has 110 valence electrons. The molecule has 18 heavy (non-hydrogen) atoms. The Balaban J connectivity index is 3.02. The summed E-state index contributed by atoms with van der Waals surface area (Å²) >= 11 is 0. The molecule has 0 saturated heterocycles. The van der Waals surface area contributed by atoms with E-state index in [1.165, 1.54) is 25.7 Å². The van der Waals surface area contributed by atoms with Gasteiger partial charge in [-0.25, -0.2) is 0 Å². The molecule has 0 aromatic heterocycles. The van der Waals surface area contributed by atoms with Crippen LogP contribution >= 0.6 is 0 Å². The van der Waals surface area contributed by atoms with Gasteiger partial charge in [0.2, 0.25) is 0 Å². The lowest BCUT2D eigenvalue weighted by Crippen LogP contribution is -2.26. The van der Waals surface area contributed by atoms with Gasteiger partial charge in [-0.05, 0) is 45.6 Å². The van der Waals surface area contributed by atoms with E-state index in [0.717, 1.165) is 45.8 Å². The Morgan fingerprint density at radius 1 is 0.833 bits per heavy atom. The van der Waals surface area contributed by atoms with Gasteiger partial charge >= 0.3 is 0 Å². The van der Waals surface area contributed by atoms with E-state index >= 15 is 0 Å². The van der Waals surface area contributed by atoms with Crippen LogP contribution in [0, 0.1) is 0 Å². The predicted octanol–water partition coefficient (Wildman–Crippen LogP) is 3.38. The summed E-state index contributed by atoms with van der Waals surface area (Å²) in [5.74, 6) is 0. The summed E-state index contributed by atoms with van der Waals surface area (Å²) in [5.41, 5.74) is 0. The third-order valence-electron chi connectivity index (χ3n) is 2.93. The number of rotatable bonds is 14. The second-order valence-electron chi connectivity index (χ2n) is 4.93. The summed E-state index contributed by atoms with van der Waals surface area (Å²) in [4.78, 5) is 0. The summed E-state index contributed by atoms with van der Waals surface area (Å²) in [5, 5.41) is 3.50. The van der Waals surface area contributed by atoms with Crippen LogP contribution in [0.4, 0.5) is 0 Å². The van der Waals surface area contributed by atoms with Crippen molar-refractivity contribution < 1.29 is 9.47 Å². The maximum atomic E-state index is 5.53. The molecule has 0 bridgehead atoms. The molecule has 3 heteroatoms. The highest BCUT2D eigenvalue weighted by Crippen LogP contribution is 2.01. The molecule has 1 atom stereocenters. The molecule has 0 aliphatic carbocycles. The van der Waals surface area contributed by atoms with Crippen LogP contribution in [0.2, 0.25) is 0 Å². The SMILES string of the molecule is CCCCOCCOCCCCC(C)NCCC. The van der Waals surface area contributed by atoms with Crippen molar-refractivity contribution in [2.24, 2.45) is 0 Å². The molecular weight excluding hydrogens is 226 g/mol. The fraction of sp³-hybridized carbons (Fsp3) is 1.00. The molecule has 3 nitrogen and oxygen atoms in total. The summed E-state index contributed by atoms with van der Waals surface area (Å²) in [6.07, 6.45) is 7.22. The van der Waals surface area contributed by atoms with Crippen molar-refractivity contribution in [3.8, 4) is 0 Å². The summed E-state index contributed by atoms with van der Waals surface area (Å²) < 4.78 is 11.0. The molecule has 0 heterocycles. The second-order valence-corrected chi connectivity index (χ2v) is 4.93. The standard InChI is InChI=1S/C15H33NO2/c1-4-6-11-17-13-14-18-12-8-7-9-15(3)16-10-5-2/h15-16H,4-14H2,1-3H3. The van der Waals surface area contributed by atoms with Gasteiger partial charge in [-0.2, -0.15) is 0 Å². The first-order valence-corrected chi connectivity index (χ1v) is 7.70. The lowest BCUT2D eigenvalue weighted by Gasteiger charge is -2.12. The lowest BCUT2D eigenvalue weighted by molar-refractivity contribution is 0.0452. The van der Waals surface area contributed by atoms with Gasteiger partial charge in [0.1, 0.15) is 0 Å². The molecule has 0 radical (unpaired) electrons. The average molecular weight is 259 g/mol. The van der Waals surface area contributed by atoms with Crippen molar-refractivity contribution in [2.75, 3.05) is 33.0 Å². The first-order chi connectivity index (χ1) is 8.81. The van der Waals surface area contributed by atoms with Gasteiger partial charge in [0, 0.05) is 19.3 Å². The average Bonchev–Trinajstić information content (AvgIpc) is 2.38. The van der Waals surface area contributed by atoms with Gasteiger partial charge in [0.25, 0.3) is 0 Å². The molecule has 0 saturated carbocycles. The third kappa shape index (κ3) is 13.9. The van der Waals surface area contributed by atoms with E-state index < -0.39 is 0 Å². The Morgan fingerprint density at radius 2 is 1.50 bits per heavy atom. The second kappa shape index (κ2) is 14.9. The van der Waals surface area contributed by atoms with Crippen molar-refractivity contribution in [3.05, 3.63) is 0 Å². The molecule has 1 unspecified atom stereocenters. The van der Waals surface area contributed by atoms with E-state index in [2.05, 4.69) is 26.1 Å². The van der Waals surface area contributed by atoms with Crippen LogP contribution in [-0.2, 0) is 9.47 Å². The summed E-state index contributed by atoms with van der Waals surface area (Å²) in [7, 11) is 0. The zero-order valence-electron chi connectivity index (χ0n) is 12.7. The van der Waals surface area contributed by atoms with E-state index in [4.69, 9.17) is 9.47 Å². The van der Waals surface area contributed by atoms with Crippen LogP contribution in [-0.4, -0.2) is 39.0 Å². The van der Waals surface area contributed by atoms with Gasteiger partial charge in [-0.1, -0.05) is 20.3 Å². The topological polar surface area (TPSA) is 30.5 Å². The monoisotopic (exact) mass is 259 g/mol. The zero-order chi connectivity index (χ0) is 13.5. The van der Waals surface area contributed by atoms with Crippen molar-refractivity contribution in [3.63, 3.8) is 0 Å². The minimum absolute atomic E-state index is 0.641. The van der Waals surface area contributed by atoms with E-state index in [9.17, 15) is 0 Å². The Hall–Kier alpha value is -0.120. The molecule has 0 rings (SSSR count). The van der Waals surface area contributed by atoms with Gasteiger partial charge in [0.15, 0.2) is 0 Å². The van der Waals surface area contributed by atoms with E-state index in [1.807, 2.05) is 0 Å². The Bertz CT molecular complexity index is 153. The fourth-order valence-corrected chi connectivity index (χ4v) is 1.72. The first kappa shape index (κ1) is 17.9. The zero-order valence-corrected chi connectivity index (χ0v) is 12.7. The van der Waals surface area contributed by atoms with Crippen LogP contribution in [0.3, 0.4) is 0 Å². The number of nitrogens with one attached hydrogen (secondary N) is 1. The summed E-state index contributed by atoms with van der Waals surface area (Å²) in [6, 6.07) is 0.641. The highest BCUT2D eigenvalue weighted by atomic mass is 16.5. The van der Waals surface area contributed by atoms with Crippen LogP contribution in [0.5, 0.6) is 0 Å². The Kier molecular flexibility index (Phi) is 14.8. The molecule has 0 amide bonds. The minimum atomic E-state index is 0.641. The van der Waals surface area contributed by atoms with Crippen molar-refractivity contribution in [2.45, 2.75) is 65.3 Å². The number of hydrogen-bond acceptors (Lipinski definition) is 3. The van der Waals surface area contributed by atoms with Crippen LogP contribution < -0.4 is 5.32 Å². The molecule has 0 fully saturated rings. The van der Waals surface area contributed by atoms with E-state index in [1.54, 1.807) is 0 Å². The molecule has 0 aromatic rings. The van der Waals surface area contributed by atoms with Crippen molar-refractivity contribution >= 4 is 0 Å². The normalized spacial score (nSPS) is 12.8. The smallest absolute Gasteiger partial charge is 0.0700 e. The van der Waals surface area contributed by atoms with Gasteiger partial charge < -0.3 is 14.8 Å². The number of ether oxygens (including phenoxy) is 2. The maximum Gasteiger partial charge on any atom is 0.0700 e. The highest BCUT2D eigenvalue weighted by molar-refractivity contribution is 4.59. The van der Waals surface area contributed by atoms with Crippen LogP contribution in [0.15, 0.2) is 0 Å². The van der Waals surface area contributed by atoms with Crippen LogP contribution in [0.25, 0.3) is 0 Å². The Labute approximate surface area is 114 Å². The maximum absolute atomic E-state index is 5.53. The van der Waals surface area contributed by atoms with Gasteiger partial charge in [-0.15, -0.1) is 0 Å². The Morgan fingerprint density at radius 3 is 2.11 bits per heavy atom. The van der Waals surface area contributed by atoms with Crippen LogP contribution in [0.1, 0.15) is 59.3 Å². The number of unbranched alkanes of at least 4 members (excludes halogenated alkanes) is 2. The van der Waals surface area contributed by atoms with E-state index in [-0.39, 0.29) is 0 Å². The largest absolute Gasteiger partial charge is 0.379 e. The summed E-state index contributed by atoms with van der Waals surface area (Å²) in [6.45, 7) is 11.0. The molecule has 0 spiro atoms.